The minimum Gasteiger partial charge on any atom is -0.310 e. The third-order valence-electron chi connectivity index (χ3n) is 3.33. The molecule has 1 nitrogen and oxygen atoms in total. The zero-order chi connectivity index (χ0) is 15.2. The molecule has 4 heteroatoms. The molecule has 0 bridgehead atoms. The van der Waals surface area contributed by atoms with E-state index in [1.165, 1.54) is 18.2 Å². The van der Waals surface area contributed by atoms with E-state index in [2.05, 4.69) is 28.2 Å². The Morgan fingerprint density at radius 2 is 1.86 bits per heavy atom. The summed E-state index contributed by atoms with van der Waals surface area (Å²) in [7, 11) is 0. The Kier molecular flexibility index (Phi) is 5.88. The first-order valence-corrected chi connectivity index (χ1v) is 7.82. The van der Waals surface area contributed by atoms with Gasteiger partial charge in [0.15, 0.2) is 0 Å². The summed E-state index contributed by atoms with van der Waals surface area (Å²) in [5, 5.41) is 3.42. The van der Waals surface area contributed by atoms with Crippen LogP contribution >= 0.6 is 15.9 Å². The minimum absolute atomic E-state index is 0.00223. The van der Waals surface area contributed by atoms with Gasteiger partial charge in [-0.3, -0.25) is 0 Å². The molecule has 0 saturated heterocycles. The van der Waals surface area contributed by atoms with Gasteiger partial charge in [-0.1, -0.05) is 41.1 Å². The number of nitrogens with one attached hydrogen (secondary N) is 1. The van der Waals surface area contributed by atoms with Crippen LogP contribution in [0.1, 0.15) is 30.5 Å². The predicted molar refractivity (Wildman–Crippen MR) is 85.2 cm³/mol. The van der Waals surface area contributed by atoms with Gasteiger partial charge in [-0.25, -0.2) is 8.78 Å². The summed E-state index contributed by atoms with van der Waals surface area (Å²) >= 11 is 3.39. The Labute approximate surface area is 132 Å². The van der Waals surface area contributed by atoms with Crippen molar-refractivity contribution in [2.75, 3.05) is 6.54 Å². The van der Waals surface area contributed by atoms with Crippen LogP contribution in [-0.4, -0.2) is 6.54 Å². The van der Waals surface area contributed by atoms with Crippen molar-refractivity contribution in [2.24, 2.45) is 0 Å². The monoisotopic (exact) mass is 353 g/mol. The molecule has 0 amide bonds. The van der Waals surface area contributed by atoms with Gasteiger partial charge in [0.2, 0.25) is 0 Å². The Balaban J connectivity index is 2.23. The third-order valence-corrected chi connectivity index (χ3v) is 4.07. The smallest absolute Gasteiger partial charge is 0.124 e. The normalized spacial score (nSPS) is 12.4. The SMILES string of the molecule is CCCNC(Cc1ccc(F)cc1Br)c1cccc(F)c1. The zero-order valence-electron chi connectivity index (χ0n) is 11.9. The van der Waals surface area contributed by atoms with Crippen LogP contribution in [0.5, 0.6) is 0 Å². The largest absolute Gasteiger partial charge is 0.310 e. The first-order valence-electron chi connectivity index (χ1n) is 7.03. The molecule has 1 unspecified atom stereocenters. The fraction of sp³-hybridized carbons (Fsp3) is 0.294. The molecule has 1 atom stereocenters. The van der Waals surface area contributed by atoms with E-state index in [1.54, 1.807) is 18.2 Å². The summed E-state index contributed by atoms with van der Waals surface area (Å²) in [5.41, 5.74) is 1.90. The van der Waals surface area contributed by atoms with Gasteiger partial charge in [-0.15, -0.1) is 0 Å². The van der Waals surface area contributed by atoms with Gasteiger partial charge in [0.05, 0.1) is 0 Å². The third kappa shape index (κ3) is 4.61. The summed E-state index contributed by atoms with van der Waals surface area (Å²) in [4.78, 5) is 0. The van der Waals surface area contributed by atoms with Gasteiger partial charge in [0, 0.05) is 10.5 Å². The summed E-state index contributed by atoms with van der Waals surface area (Å²) in [5.74, 6) is -0.511. The average molecular weight is 354 g/mol. The molecule has 0 heterocycles. The Morgan fingerprint density at radius 1 is 1.10 bits per heavy atom. The molecule has 0 radical (unpaired) electrons. The van der Waals surface area contributed by atoms with Crippen molar-refractivity contribution in [3.8, 4) is 0 Å². The highest BCUT2D eigenvalue weighted by molar-refractivity contribution is 9.10. The van der Waals surface area contributed by atoms with Crippen LogP contribution in [-0.2, 0) is 6.42 Å². The molecule has 0 aromatic heterocycles. The van der Waals surface area contributed by atoms with Gasteiger partial charge in [0.1, 0.15) is 11.6 Å². The van der Waals surface area contributed by atoms with Gasteiger partial charge in [-0.05, 0) is 54.8 Å². The first-order chi connectivity index (χ1) is 10.1. The van der Waals surface area contributed by atoms with E-state index < -0.39 is 0 Å². The maximum absolute atomic E-state index is 13.4. The van der Waals surface area contributed by atoms with Crippen LogP contribution < -0.4 is 5.32 Å². The molecule has 1 N–H and O–H groups in total. The molecule has 0 aliphatic rings. The molecular weight excluding hydrogens is 336 g/mol. The summed E-state index contributed by atoms with van der Waals surface area (Å²) in [6.45, 7) is 2.93. The molecule has 0 aliphatic heterocycles. The van der Waals surface area contributed by atoms with Crippen LogP contribution in [0.4, 0.5) is 8.78 Å². The number of hydrogen-bond acceptors (Lipinski definition) is 1. The van der Waals surface area contributed by atoms with E-state index in [9.17, 15) is 8.78 Å². The summed E-state index contributed by atoms with van der Waals surface area (Å²) in [6.07, 6.45) is 1.67. The van der Waals surface area contributed by atoms with E-state index >= 15 is 0 Å². The first kappa shape index (κ1) is 16.1. The fourth-order valence-electron chi connectivity index (χ4n) is 2.26. The number of hydrogen-bond donors (Lipinski definition) is 1. The molecule has 112 valence electrons. The summed E-state index contributed by atoms with van der Waals surface area (Å²) in [6, 6.07) is 11.3. The molecule has 2 aromatic carbocycles. The van der Waals surface area contributed by atoms with Gasteiger partial charge < -0.3 is 5.32 Å². The van der Waals surface area contributed by atoms with Crippen molar-refractivity contribution in [2.45, 2.75) is 25.8 Å². The number of benzene rings is 2. The van der Waals surface area contributed by atoms with Crippen molar-refractivity contribution < 1.29 is 8.78 Å². The molecule has 0 spiro atoms. The van der Waals surface area contributed by atoms with Crippen LogP contribution in [0.25, 0.3) is 0 Å². The van der Waals surface area contributed by atoms with Crippen molar-refractivity contribution in [3.63, 3.8) is 0 Å². The minimum atomic E-state index is -0.269. The van der Waals surface area contributed by atoms with Gasteiger partial charge in [-0.2, -0.15) is 0 Å². The second-order valence-corrected chi connectivity index (χ2v) is 5.86. The Morgan fingerprint density at radius 3 is 2.52 bits per heavy atom. The maximum Gasteiger partial charge on any atom is 0.124 e. The number of halogens is 3. The van der Waals surface area contributed by atoms with Gasteiger partial charge in [0.25, 0.3) is 0 Å². The fourth-order valence-corrected chi connectivity index (χ4v) is 2.77. The van der Waals surface area contributed by atoms with Crippen LogP contribution in [0.2, 0.25) is 0 Å². The summed E-state index contributed by atoms with van der Waals surface area (Å²) < 4.78 is 27.3. The lowest BCUT2D eigenvalue weighted by atomic mass is 9.98. The zero-order valence-corrected chi connectivity index (χ0v) is 13.5. The second kappa shape index (κ2) is 7.66. The lowest BCUT2D eigenvalue weighted by molar-refractivity contribution is 0.523. The molecule has 0 fully saturated rings. The van der Waals surface area contributed by atoms with Gasteiger partial charge >= 0.3 is 0 Å². The topological polar surface area (TPSA) is 12.0 Å². The highest BCUT2D eigenvalue weighted by Crippen LogP contribution is 2.25. The molecule has 0 saturated carbocycles. The highest BCUT2D eigenvalue weighted by Gasteiger charge is 2.14. The Hall–Kier alpha value is -1.26. The highest BCUT2D eigenvalue weighted by atomic mass is 79.9. The molecule has 2 rings (SSSR count). The van der Waals surface area contributed by atoms with E-state index in [4.69, 9.17) is 0 Å². The Bertz CT molecular complexity index is 601. The standard InChI is InChI=1S/C17H18BrF2N/c1-2-8-21-17(13-4-3-5-14(19)9-13)10-12-6-7-15(20)11-16(12)18/h3-7,9,11,17,21H,2,8,10H2,1H3. The average Bonchev–Trinajstić information content (AvgIpc) is 2.45. The molecule has 0 aliphatic carbocycles. The van der Waals surface area contributed by atoms with Crippen molar-refractivity contribution >= 4 is 15.9 Å². The lowest BCUT2D eigenvalue weighted by Crippen LogP contribution is -2.24. The van der Waals surface area contributed by atoms with Crippen LogP contribution in [0.3, 0.4) is 0 Å². The van der Waals surface area contributed by atoms with E-state index in [0.717, 1.165) is 28.6 Å². The molecule has 21 heavy (non-hydrogen) atoms. The van der Waals surface area contributed by atoms with E-state index in [-0.39, 0.29) is 17.7 Å². The van der Waals surface area contributed by atoms with Crippen LogP contribution in [0.15, 0.2) is 46.9 Å². The lowest BCUT2D eigenvalue weighted by Gasteiger charge is -2.20. The van der Waals surface area contributed by atoms with E-state index in [1.807, 2.05) is 6.07 Å². The molecule has 2 aromatic rings. The maximum atomic E-state index is 13.4. The number of rotatable bonds is 6. The second-order valence-electron chi connectivity index (χ2n) is 5.00. The van der Waals surface area contributed by atoms with Crippen molar-refractivity contribution in [1.29, 1.82) is 0 Å². The van der Waals surface area contributed by atoms with Crippen LogP contribution in [0, 0.1) is 11.6 Å². The quantitative estimate of drug-likeness (QED) is 0.769. The molecular formula is C17H18BrF2N. The van der Waals surface area contributed by atoms with Crippen molar-refractivity contribution in [3.05, 3.63) is 69.7 Å². The predicted octanol–water partition coefficient (Wildman–Crippen LogP) is 5.01. The van der Waals surface area contributed by atoms with E-state index in [0.29, 0.717) is 6.42 Å². The van der Waals surface area contributed by atoms with Crippen molar-refractivity contribution in [1.82, 2.24) is 5.32 Å².